The number of hydrogen-bond donors (Lipinski definition) is 0. The third kappa shape index (κ3) is 8.76. The molecule has 0 fully saturated rings. The quantitative estimate of drug-likeness (QED) is 0.421. The molecule has 0 aliphatic carbocycles. The molecule has 1 aromatic rings. The molecule has 0 radical (unpaired) electrons. The van der Waals surface area contributed by atoms with Crippen molar-refractivity contribution >= 4 is 12.0 Å². The van der Waals surface area contributed by atoms with Gasteiger partial charge in [0.15, 0.2) is 0 Å². The lowest BCUT2D eigenvalue weighted by atomic mass is 10.1. The Balaban J connectivity index is 3.00. The van der Waals surface area contributed by atoms with E-state index in [1.165, 1.54) is 31.4 Å². The molecule has 5 nitrogen and oxygen atoms in total. The first-order chi connectivity index (χ1) is 12.7. The van der Waals surface area contributed by atoms with E-state index >= 15 is 0 Å². The Morgan fingerprint density at radius 1 is 1.15 bits per heavy atom. The van der Waals surface area contributed by atoms with Crippen molar-refractivity contribution < 1.29 is 36.6 Å². The third-order valence-electron chi connectivity index (χ3n) is 3.29. The fourth-order valence-corrected chi connectivity index (χ4v) is 2.23. The van der Waals surface area contributed by atoms with Crippen LogP contribution >= 0.6 is 0 Å². The lowest BCUT2D eigenvalue weighted by Gasteiger charge is -2.23. The Morgan fingerprint density at radius 2 is 1.81 bits per heavy atom. The number of methoxy groups -OCH3 is 1. The predicted molar refractivity (Wildman–Crippen MR) is 92.0 cm³/mol. The Labute approximate surface area is 155 Å². The molecule has 1 amide bonds. The van der Waals surface area contributed by atoms with Gasteiger partial charge in [-0.25, -0.2) is 0 Å². The van der Waals surface area contributed by atoms with Gasteiger partial charge in [-0.2, -0.15) is 17.6 Å². The molecule has 27 heavy (non-hydrogen) atoms. The van der Waals surface area contributed by atoms with E-state index in [-0.39, 0.29) is 28.9 Å². The largest absolute Gasteiger partial charge is 0.435 e. The normalized spacial score (nSPS) is 11.6. The summed E-state index contributed by atoms with van der Waals surface area (Å²) >= 11 is 0. The molecule has 9 heteroatoms. The zero-order chi connectivity index (χ0) is 20.4. The van der Waals surface area contributed by atoms with Gasteiger partial charge in [0.2, 0.25) is 5.91 Å². The minimum Gasteiger partial charge on any atom is -0.435 e. The number of nitrogens with zero attached hydrogens (tertiary/aromatic N) is 1. The van der Waals surface area contributed by atoms with Gasteiger partial charge in [0.25, 0.3) is 0 Å². The molecule has 0 aromatic heterocycles. The van der Waals surface area contributed by atoms with Gasteiger partial charge in [-0.15, -0.1) is 0 Å². The molecule has 0 N–H and O–H groups in total. The van der Waals surface area contributed by atoms with Crippen molar-refractivity contribution in [2.24, 2.45) is 5.92 Å². The number of amides is 1. The van der Waals surface area contributed by atoms with Crippen LogP contribution in [-0.4, -0.2) is 50.8 Å². The number of halogens is 4. The molecule has 1 aromatic carbocycles. The summed E-state index contributed by atoms with van der Waals surface area (Å²) in [7, 11) is 1.52. The zero-order valence-corrected chi connectivity index (χ0v) is 15.3. The molecule has 0 saturated carbocycles. The van der Waals surface area contributed by atoms with Crippen LogP contribution in [0.1, 0.15) is 19.4 Å². The summed E-state index contributed by atoms with van der Waals surface area (Å²) in [5, 5.41) is 0. The van der Waals surface area contributed by atoms with E-state index in [1.54, 1.807) is 4.90 Å². The van der Waals surface area contributed by atoms with Gasteiger partial charge in [-0.05, 0) is 24.1 Å². The van der Waals surface area contributed by atoms with Crippen LogP contribution in [0.4, 0.5) is 17.6 Å². The lowest BCUT2D eigenvalue weighted by molar-refractivity contribution is -0.127. The van der Waals surface area contributed by atoms with Crippen LogP contribution in [0.15, 0.2) is 24.3 Å². The number of rotatable bonds is 11. The molecule has 0 spiro atoms. The highest BCUT2D eigenvalue weighted by Gasteiger charge is 2.14. The summed E-state index contributed by atoms with van der Waals surface area (Å²) < 4.78 is 63.2. The van der Waals surface area contributed by atoms with Crippen LogP contribution in [0.3, 0.4) is 0 Å². The Bertz CT molecular complexity index is 623. The maximum atomic E-state index is 12.6. The second-order valence-electron chi connectivity index (χ2n) is 5.96. The van der Waals surface area contributed by atoms with Crippen molar-refractivity contribution in [3.8, 4) is 11.5 Å². The zero-order valence-electron chi connectivity index (χ0n) is 15.3. The minimum atomic E-state index is -3.16. The van der Waals surface area contributed by atoms with Crippen molar-refractivity contribution in [3.63, 3.8) is 0 Å². The molecule has 0 atom stereocenters. The van der Waals surface area contributed by atoms with Crippen molar-refractivity contribution in [1.29, 1.82) is 0 Å². The molecule has 0 unspecified atom stereocenters. The second kappa shape index (κ2) is 11.4. The highest BCUT2D eigenvalue weighted by atomic mass is 19.3. The Hall–Kier alpha value is -2.29. The maximum Gasteiger partial charge on any atom is 0.387 e. The van der Waals surface area contributed by atoms with E-state index in [4.69, 9.17) is 4.74 Å². The monoisotopic (exact) mass is 393 g/mol. The first-order valence-corrected chi connectivity index (χ1v) is 8.22. The molecular weight excluding hydrogens is 370 g/mol. The van der Waals surface area contributed by atoms with E-state index in [1.807, 2.05) is 13.8 Å². The van der Waals surface area contributed by atoms with Crippen molar-refractivity contribution in [2.45, 2.75) is 27.1 Å². The summed E-state index contributed by atoms with van der Waals surface area (Å²) in [4.78, 5) is 13.9. The minimum absolute atomic E-state index is 0.126. The van der Waals surface area contributed by atoms with E-state index in [9.17, 15) is 22.4 Å². The van der Waals surface area contributed by atoms with Crippen LogP contribution in [0, 0.1) is 5.92 Å². The molecule has 0 saturated heterocycles. The SMILES string of the molecule is COCCN(CC(C)C)C(=O)/C=C/c1ccc(OC(F)F)cc1OC(F)F. The lowest BCUT2D eigenvalue weighted by Crippen LogP contribution is -2.35. The highest BCUT2D eigenvalue weighted by Crippen LogP contribution is 2.28. The van der Waals surface area contributed by atoms with E-state index in [2.05, 4.69) is 9.47 Å². The molecule has 152 valence electrons. The van der Waals surface area contributed by atoms with Crippen LogP contribution in [0.5, 0.6) is 11.5 Å². The van der Waals surface area contributed by atoms with Crippen molar-refractivity contribution in [2.75, 3.05) is 26.8 Å². The smallest absolute Gasteiger partial charge is 0.387 e. The van der Waals surface area contributed by atoms with Crippen molar-refractivity contribution in [3.05, 3.63) is 29.8 Å². The standard InChI is InChI=1S/C18H23F4NO4/c1-12(2)11-23(8-9-25-3)16(24)7-5-13-4-6-14(26-17(19)20)10-15(13)27-18(21)22/h4-7,10,12,17-18H,8-9,11H2,1-3H3/b7-5+. The average molecular weight is 393 g/mol. The van der Waals surface area contributed by atoms with Crippen LogP contribution < -0.4 is 9.47 Å². The summed E-state index contributed by atoms with van der Waals surface area (Å²) in [6.07, 6.45) is 2.49. The number of alkyl halides is 4. The predicted octanol–water partition coefficient (Wildman–Crippen LogP) is 4.03. The summed E-state index contributed by atoms with van der Waals surface area (Å²) in [6, 6.07) is 3.34. The summed E-state index contributed by atoms with van der Waals surface area (Å²) in [5.74, 6) is -0.815. The fourth-order valence-electron chi connectivity index (χ4n) is 2.23. The van der Waals surface area contributed by atoms with Gasteiger partial charge in [0.1, 0.15) is 11.5 Å². The number of benzene rings is 1. The second-order valence-corrected chi connectivity index (χ2v) is 5.96. The number of carbonyl (C=O) groups is 1. The van der Waals surface area contributed by atoms with Gasteiger partial charge in [-0.3, -0.25) is 4.79 Å². The van der Waals surface area contributed by atoms with Gasteiger partial charge in [0.05, 0.1) is 6.61 Å². The average Bonchev–Trinajstić information content (AvgIpc) is 2.56. The molecule has 0 heterocycles. The van der Waals surface area contributed by atoms with Gasteiger partial charge < -0.3 is 19.1 Å². The third-order valence-corrected chi connectivity index (χ3v) is 3.29. The number of ether oxygens (including phenoxy) is 3. The topological polar surface area (TPSA) is 48.0 Å². The summed E-state index contributed by atoms with van der Waals surface area (Å²) in [5.41, 5.74) is 0.126. The molecule has 0 bridgehead atoms. The van der Waals surface area contributed by atoms with Gasteiger partial charge >= 0.3 is 13.2 Å². The van der Waals surface area contributed by atoms with Crippen LogP contribution in [0.2, 0.25) is 0 Å². The molecule has 0 aliphatic rings. The van der Waals surface area contributed by atoms with Crippen LogP contribution in [0.25, 0.3) is 6.08 Å². The Kier molecular flexibility index (Phi) is 9.63. The van der Waals surface area contributed by atoms with Crippen LogP contribution in [-0.2, 0) is 9.53 Å². The molecule has 0 aliphatic heterocycles. The van der Waals surface area contributed by atoms with E-state index in [0.29, 0.717) is 19.7 Å². The summed E-state index contributed by atoms with van der Waals surface area (Å²) in [6.45, 7) is -1.13. The van der Waals surface area contributed by atoms with E-state index < -0.39 is 13.2 Å². The van der Waals surface area contributed by atoms with Gasteiger partial charge in [-0.1, -0.05) is 13.8 Å². The maximum absolute atomic E-state index is 12.6. The fraction of sp³-hybridized carbons (Fsp3) is 0.500. The number of carbonyl (C=O) groups excluding carboxylic acids is 1. The highest BCUT2D eigenvalue weighted by molar-refractivity contribution is 5.92. The van der Waals surface area contributed by atoms with Crippen molar-refractivity contribution in [1.82, 2.24) is 4.90 Å². The van der Waals surface area contributed by atoms with E-state index in [0.717, 1.165) is 6.07 Å². The molecule has 1 rings (SSSR count). The van der Waals surface area contributed by atoms with Gasteiger partial charge in [0, 0.05) is 37.9 Å². The first kappa shape index (κ1) is 22.8. The first-order valence-electron chi connectivity index (χ1n) is 8.22. The Morgan fingerprint density at radius 3 is 2.37 bits per heavy atom. The number of hydrogen-bond acceptors (Lipinski definition) is 4. The molecular formula is C18H23F4NO4.